The van der Waals surface area contributed by atoms with Crippen molar-refractivity contribution >= 4 is 0 Å². The van der Waals surface area contributed by atoms with Gasteiger partial charge in [0.2, 0.25) is 0 Å². The van der Waals surface area contributed by atoms with E-state index < -0.39 is 11.4 Å². The number of phenolic OH excluding ortho intramolecular Hbond substituents is 1. The first kappa shape index (κ1) is 9.74. The molecule has 0 aromatic heterocycles. The minimum absolute atomic E-state index is 0.0219. The molecule has 0 aliphatic heterocycles. The van der Waals surface area contributed by atoms with Gasteiger partial charge in [-0.1, -0.05) is 6.08 Å². The van der Waals surface area contributed by atoms with Crippen LogP contribution in [0.25, 0.3) is 0 Å². The van der Waals surface area contributed by atoms with Gasteiger partial charge in [0.1, 0.15) is 11.6 Å². The van der Waals surface area contributed by atoms with Crippen LogP contribution in [0.15, 0.2) is 30.9 Å². The van der Waals surface area contributed by atoms with Crippen LogP contribution >= 0.6 is 0 Å². The molecule has 0 aliphatic carbocycles. The second kappa shape index (κ2) is 3.18. The highest BCUT2D eigenvalue weighted by Crippen LogP contribution is 2.28. The van der Waals surface area contributed by atoms with Gasteiger partial charge in [0.05, 0.1) is 5.54 Å². The average Bonchev–Trinajstić information content (AvgIpc) is 2.09. The van der Waals surface area contributed by atoms with Gasteiger partial charge < -0.3 is 10.8 Å². The number of benzene rings is 1. The molecule has 0 spiro atoms. The van der Waals surface area contributed by atoms with Crippen molar-refractivity contribution in [2.75, 3.05) is 0 Å². The summed E-state index contributed by atoms with van der Waals surface area (Å²) >= 11 is 0. The van der Waals surface area contributed by atoms with E-state index in [-0.39, 0.29) is 5.75 Å². The topological polar surface area (TPSA) is 46.2 Å². The van der Waals surface area contributed by atoms with Crippen LogP contribution in [-0.4, -0.2) is 5.11 Å². The minimum atomic E-state index is -0.911. The smallest absolute Gasteiger partial charge is 0.123 e. The van der Waals surface area contributed by atoms with Crippen LogP contribution in [0.2, 0.25) is 0 Å². The third-order valence-electron chi connectivity index (χ3n) is 1.96. The highest BCUT2D eigenvalue weighted by Gasteiger charge is 2.20. The molecular formula is C10H12FNO. The lowest BCUT2D eigenvalue weighted by Crippen LogP contribution is -2.30. The quantitative estimate of drug-likeness (QED) is 0.684. The van der Waals surface area contributed by atoms with Gasteiger partial charge in [-0.05, 0) is 25.1 Å². The Morgan fingerprint density at radius 1 is 1.62 bits per heavy atom. The van der Waals surface area contributed by atoms with Gasteiger partial charge in [-0.25, -0.2) is 4.39 Å². The molecular weight excluding hydrogens is 169 g/mol. The summed E-state index contributed by atoms with van der Waals surface area (Å²) in [6, 6.07) is 3.66. The van der Waals surface area contributed by atoms with E-state index in [1.54, 1.807) is 6.92 Å². The van der Waals surface area contributed by atoms with E-state index in [1.807, 2.05) is 0 Å². The average molecular weight is 181 g/mol. The molecule has 1 atom stereocenters. The molecule has 0 bridgehead atoms. The molecule has 0 unspecified atom stereocenters. The molecule has 3 N–H and O–H groups in total. The number of hydrogen-bond donors (Lipinski definition) is 2. The van der Waals surface area contributed by atoms with Crippen molar-refractivity contribution in [2.45, 2.75) is 12.5 Å². The Hall–Kier alpha value is -1.35. The standard InChI is InChI=1S/C10H12FNO/c1-3-10(2,12)8-6-7(11)4-5-9(8)13/h3-6,13H,1,12H2,2H3/t10-/m0/s1. The molecule has 0 saturated heterocycles. The molecule has 70 valence electrons. The first-order valence-electron chi connectivity index (χ1n) is 3.89. The monoisotopic (exact) mass is 181 g/mol. The third-order valence-corrected chi connectivity index (χ3v) is 1.96. The summed E-state index contributed by atoms with van der Waals surface area (Å²) in [5.74, 6) is -0.447. The third kappa shape index (κ3) is 1.87. The van der Waals surface area contributed by atoms with Gasteiger partial charge in [0, 0.05) is 5.56 Å². The molecule has 13 heavy (non-hydrogen) atoms. The number of hydrogen-bond acceptors (Lipinski definition) is 2. The van der Waals surface area contributed by atoms with Crippen LogP contribution in [0.1, 0.15) is 12.5 Å². The van der Waals surface area contributed by atoms with E-state index in [4.69, 9.17) is 5.73 Å². The first-order chi connectivity index (χ1) is 5.97. The van der Waals surface area contributed by atoms with Gasteiger partial charge in [0.25, 0.3) is 0 Å². The summed E-state index contributed by atoms with van der Waals surface area (Å²) in [5, 5.41) is 9.41. The zero-order chi connectivity index (χ0) is 10.1. The molecule has 2 nitrogen and oxygen atoms in total. The lowest BCUT2D eigenvalue weighted by atomic mass is 9.92. The van der Waals surface area contributed by atoms with E-state index in [9.17, 15) is 9.50 Å². The maximum atomic E-state index is 12.8. The maximum absolute atomic E-state index is 12.8. The SMILES string of the molecule is C=C[C@](C)(N)c1cc(F)ccc1O. The molecule has 0 saturated carbocycles. The largest absolute Gasteiger partial charge is 0.508 e. The zero-order valence-corrected chi connectivity index (χ0v) is 7.42. The van der Waals surface area contributed by atoms with Gasteiger partial charge in [-0.15, -0.1) is 6.58 Å². The van der Waals surface area contributed by atoms with Crippen LogP contribution in [0, 0.1) is 5.82 Å². The Labute approximate surface area is 76.5 Å². The Kier molecular flexibility index (Phi) is 2.38. The Bertz CT molecular complexity index is 334. The molecule has 1 rings (SSSR count). The molecule has 0 heterocycles. The molecule has 0 aliphatic rings. The van der Waals surface area contributed by atoms with Gasteiger partial charge in [-0.2, -0.15) is 0 Å². The van der Waals surface area contributed by atoms with E-state index in [0.29, 0.717) is 5.56 Å². The van der Waals surface area contributed by atoms with Crippen molar-refractivity contribution < 1.29 is 9.50 Å². The second-order valence-corrected chi connectivity index (χ2v) is 3.15. The first-order valence-corrected chi connectivity index (χ1v) is 3.89. The van der Waals surface area contributed by atoms with Crippen molar-refractivity contribution in [3.8, 4) is 5.75 Å². The molecule has 0 amide bonds. The number of aromatic hydroxyl groups is 1. The number of rotatable bonds is 2. The van der Waals surface area contributed by atoms with Crippen LogP contribution in [0.3, 0.4) is 0 Å². The number of nitrogens with two attached hydrogens (primary N) is 1. The normalized spacial score (nSPS) is 15.0. The summed E-state index contributed by atoms with van der Waals surface area (Å²) in [6.45, 7) is 5.17. The highest BCUT2D eigenvalue weighted by molar-refractivity contribution is 5.40. The molecule has 1 aromatic rings. The second-order valence-electron chi connectivity index (χ2n) is 3.15. The lowest BCUT2D eigenvalue weighted by molar-refractivity contribution is 0.448. The summed E-state index contributed by atoms with van der Waals surface area (Å²) in [4.78, 5) is 0. The van der Waals surface area contributed by atoms with E-state index in [1.165, 1.54) is 24.3 Å². The summed E-state index contributed by atoms with van der Waals surface area (Å²) in [7, 11) is 0. The fourth-order valence-electron chi connectivity index (χ4n) is 1.05. The van der Waals surface area contributed by atoms with Crippen LogP contribution in [0.5, 0.6) is 5.75 Å². The minimum Gasteiger partial charge on any atom is -0.508 e. The fourth-order valence-corrected chi connectivity index (χ4v) is 1.05. The Balaban J connectivity index is 3.28. The van der Waals surface area contributed by atoms with Gasteiger partial charge in [-0.3, -0.25) is 0 Å². The van der Waals surface area contributed by atoms with Crippen LogP contribution in [0.4, 0.5) is 4.39 Å². The van der Waals surface area contributed by atoms with E-state index in [2.05, 4.69) is 6.58 Å². The fraction of sp³-hybridized carbons (Fsp3) is 0.200. The summed E-state index contributed by atoms with van der Waals surface area (Å²) in [5.41, 5.74) is 5.19. The zero-order valence-electron chi connectivity index (χ0n) is 7.42. The number of phenols is 1. The van der Waals surface area contributed by atoms with Crippen molar-refractivity contribution in [3.63, 3.8) is 0 Å². The number of halogens is 1. The summed E-state index contributed by atoms with van der Waals surface area (Å²) < 4.78 is 12.8. The van der Waals surface area contributed by atoms with Crippen LogP contribution in [-0.2, 0) is 5.54 Å². The molecule has 3 heteroatoms. The Morgan fingerprint density at radius 2 is 2.23 bits per heavy atom. The van der Waals surface area contributed by atoms with Gasteiger partial charge >= 0.3 is 0 Å². The molecule has 0 fully saturated rings. The predicted molar refractivity (Wildman–Crippen MR) is 49.8 cm³/mol. The van der Waals surface area contributed by atoms with Crippen molar-refractivity contribution in [3.05, 3.63) is 42.2 Å². The lowest BCUT2D eigenvalue weighted by Gasteiger charge is -2.21. The predicted octanol–water partition coefficient (Wildman–Crippen LogP) is 1.89. The highest BCUT2D eigenvalue weighted by atomic mass is 19.1. The Morgan fingerprint density at radius 3 is 2.77 bits per heavy atom. The molecule has 0 radical (unpaired) electrons. The van der Waals surface area contributed by atoms with Gasteiger partial charge in [0.15, 0.2) is 0 Å². The summed E-state index contributed by atoms with van der Waals surface area (Å²) in [6.07, 6.45) is 1.46. The molecule has 1 aromatic carbocycles. The van der Waals surface area contributed by atoms with Crippen molar-refractivity contribution in [1.82, 2.24) is 0 Å². The van der Waals surface area contributed by atoms with Crippen molar-refractivity contribution in [2.24, 2.45) is 5.73 Å². The van der Waals surface area contributed by atoms with Crippen molar-refractivity contribution in [1.29, 1.82) is 0 Å². The van der Waals surface area contributed by atoms with E-state index >= 15 is 0 Å². The van der Waals surface area contributed by atoms with Crippen LogP contribution < -0.4 is 5.73 Å². The maximum Gasteiger partial charge on any atom is 0.123 e. The van der Waals surface area contributed by atoms with E-state index in [0.717, 1.165) is 0 Å².